The molecule has 5 heteroatoms. The highest BCUT2D eigenvalue weighted by atomic mass is 16.5. The normalized spacial score (nSPS) is 17.0. The van der Waals surface area contributed by atoms with Crippen molar-refractivity contribution in [1.82, 2.24) is 15.1 Å². The summed E-state index contributed by atoms with van der Waals surface area (Å²) in [4.78, 5) is 2.42. The minimum Gasteiger partial charge on any atom is -0.475 e. The van der Waals surface area contributed by atoms with Crippen LogP contribution in [0.2, 0.25) is 0 Å². The Labute approximate surface area is 101 Å². The molecule has 0 spiro atoms. The van der Waals surface area contributed by atoms with E-state index < -0.39 is 0 Å². The van der Waals surface area contributed by atoms with Gasteiger partial charge < -0.3 is 9.84 Å². The maximum Gasteiger partial charge on any atom is 0.233 e. The first kappa shape index (κ1) is 12.3. The Bertz CT molecular complexity index is 323. The Morgan fingerprint density at radius 2 is 2.00 bits per heavy atom. The molecule has 1 aliphatic rings. The maximum absolute atomic E-state index is 8.82. The summed E-state index contributed by atoms with van der Waals surface area (Å²) in [5.74, 6) is 0.527. The third kappa shape index (κ3) is 3.94. The fourth-order valence-corrected chi connectivity index (χ4v) is 1.97. The third-order valence-electron chi connectivity index (χ3n) is 2.96. The van der Waals surface area contributed by atoms with Crippen molar-refractivity contribution in [3.63, 3.8) is 0 Å². The summed E-state index contributed by atoms with van der Waals surface area (Å²) in [6, 6.07) is 3.47. The monoisotopic (exact) mass is 237 g/mol. The zero-order valence-electron chi connectivity index (χ0n) is 10.0. The predicted molar refractivity (Wildman–Crippen MR) is 63.7 cm³/mol. The number of piperidine rings is 1. The van der Waals surface area contributed by atoms with Gasteiger partial charge in [0.25, 0.3) is 0 Å². The van der Waals surface area contributed by atoms with E-state index >= 15 is 0 Å². The van der Waals surface area contributed by atoms with Crippen LogP contribution in [0.15, 0.2) is 12.1 Å². The first-order valence-corrected chi connectivity index (χ1v) is 6.17. The minimum absolute atomic E-state index is 0.0823. The lowest BCUT2D eigenvalue weighted by atomic mass is 10.1. The Hall–Kier alpha value is -1.20. The largest absolute Gasteiger partial charge is 0.475 e. The molecule has 0 aromatic carbocycles. The van der Waals surface area contributed by atoms with Crippen LogP contribution in [0.1, 0.15) is 25.0 Å². The van der Waals surface area contributed by atoms with Crippen LogP contribution in [0.4, 0.5) is 0 Å². The van der Waals surface area contributed by atoms with Crippen molar-refractivity contribution in [1.29, 1.82) is 0 Å². The highest BCUT2D eigenvalue weighted by Crippen LogP contribution is 2.09. The number of hydrogen-bond donors (Lipinski definition) is 1. The second-order valence-electron chi connectivity index (χ2n) is 4.27. The van der Waals surface area contributed by atoms with Gasteiger partial charge in [0.15, 0.2) is 0 Å². The average Bonchev–Trinajstić information content (AvgIpc) is 2.41. The molecule has 1 aromatic heterocycles. The summed E-state index contributed by atoms with van der Waals surface area (Å²) >= 11 is 0. The number of likely N-dealkylation sites (tertiary alicyclic amines) is 1. The summed E-state index contributed by atoms with van der Waals surface area (Å²) in [6.45, 7) is 3.87. The first-order valence-electron chi connectivity index (χ1n) is 6.17. The molecule has 0 aliphatic carbocycles. The van der Waals surface area contributed by atoms with E-state index in [0.717, 1.165) is 6.54 Å². The number of rotatable bonds is 5. The Kier molecular flexibility index (Phi) is 4.70. The van der Waals surface area contributed by atoms with Gasteiger partial charge in [0, 0.05) is 12.6 Å². The topological polar surface area (TPSA) is 58.5 Å². The molecule has 0 bridgehead atoms. The predicted octanol–water partition coefficient (Wildman–Crippen LogP) is 0.834. The van der Waals surface area contributed by atoms with Crippen LogP contribution >= 0.6 is 0 Å². The lowest BCUT2D eigenvalue weighted by Gasteiger charge is -2.25. The molecule has 17 heavy (non-hydrogen) atoms. The van der Waals surface area contributed by atoms with Crippen molar-refractivity contribution in [2.75, 3.05) is 26.2 Å². The van der Waals surface area contributed by atoms with Crippen LogP contribution in [-0.4, -0.2) is 46.4 Å². The van der Waals surface area contributed by atoms with Gasteiger partial charge in [-0.25, -0.2) is 0 Å². The molecule has 94 valence electrons. The van der Waals surface area contributed by atoms with E-state index in [1.807, 2.05) is 0 Å². The zero-order chi connectivity index (χ0) is 11.9. The average molecular weight is 237 g/mol. The lowest BCUT2D eigenvalue weighted by Crippen LogP contribution is -2.33. The number of ether oxygens (including phenoxy) is 1. The molecule has 2 rings (SSSR count). The molecule has 0 atom stereocenters. The molecule has 0 amide bonds. The molecule has 5 nitrogen and oxygen atoms in total. The van der Waals surface area contributed by atoms with Crippen LogP contribution in [0.25, 0.3) is 0 Å². The smallest absolute Gasteiger partial charge is 0.233 e. The van der Waals surface area contributed by atoms with Crippen molar-refractivity contribution >= 4 is 0 Å². The quantitative estimate of drug-likeness (QED) is 0.822. The fourth-order valence-electron chi connectivity index (χ4n) is 1.97. The van der Waals surface area contributed by atoms with Gasteiger partial charge >= 0.3 is 0 Å². The lowest BCUT2D eigenvalue weighted by molar-refractivity contribution is 0.179. The number of aliphatic hydroxyl groups is 1. The van der Waals surface area contributed by atoms with Crippen LogP contribution in [0.5, 0.6) is 5.88 Å². The van der Waals surface area contributed by atoms with Crippen molar-refractivity contribution in [3.8, 4) is 5.88 Å². The van der Waals surface area contributed by atoms with Gasteiger partial charge in [-0.3, -0.25) is 4.90 Å². The fraction of sp³-hybridized carbons (Fsp3) is 0.667. The number of nitrogens with zero attached hydrogens (tertiary/aromatic N) is 3. The van der Waals surface area contributed by atoms with Gasteiger partial charge in [-0.2, -0.15) is 0 Å². The SMILES string of the molecule is OCc1ccc(OCCN2CCCCC2)nn1. The van der Waals surface area contributed by atoms with Crippen molar-refractivity contribution in [3.05, 3.63) is 17.8 Å². The van der Waals surface area contributed by atoms with E-state index in [1.165, 1.54) is 32.4 Å². The van der Waals surface area contributed by atoms with E-state index in [4.69, 9.17) is 9.84 Å². The molecule has 1 fully saturated rings. The molecule has 1 aliphatic heterocycles. The highest BCUT2D eigenvalue weighted by Gasteiger charge is 2.09. The Balaban J connectivity index is 1.69. The van der Waals surface area contributed by atoms with Gasteiger partial charge in [-0.05, 0) is 32.0 Å². The molecule has 1 aromatic rings. The summed E-state index contributed by atoms with van der Waals surface area (Å²) < 4.78 is 5.51. The molecule has 0 unspecified atom stereocenters. The molecular weight excluding hydrogens is 218 g/mol. The number of aliphatic hydroxyl groups excluding tert-OH is 1. The second kappa shape index (κ2) is 6.51. The number of aromatic nitrogens is 2. The van der Waals surface area contributed by atoms with Crippen LogP contribution < -0.4 is 4.74 Å². The molecular formula is C12H19N3O2. The minimum atomic E-state index is -0.0823. The maximum atomic E-state index is 8.82. The summed E-state index contributed by atoms with van der Waals surface area (Å²) in [5.41, 5.74) is 0.563. The Morgan fingerprint density at radius 1 is 1.18 bits per heavy atom. The van der Waals surface area contributed by atoms with E-state index in [0.29, 0.717) is 18.2 Å². The van der Waals surface area contributed by atoms with E-state index in [9.17, 15) is 0 Å². The van der Waals surface area contributed by atoms with Crippen LogP contribution in [-0.2, 0) is 6.61 Å². The van der Waals surface area contributed by atoms with E-state index in [1.54, 1.807) is 12.1 Å². The van der Waals surface area contributed by atoms with Crippen LogP contribution in [0, 0.1) is 0 Å². The van der Waals surface area contributed by atoms with Crippen molar-refractivity contribution < 1.29 is 9.84 Å². The standard InChI is InChI=1S/C12H19N3O2/c16-10-11-4-5-12(14-13-11)17-9-8-15-6-2-1-3-7-15/h4-5,16H,1-3,6-10H2. The molecule has 2 heterocycles. The summed E-state index contributed by atoms with van der Waals surface area (Å²) in [6.07, 6.45) is 3.95. The van der Waals surface area contributed by atoms with Gasteiger partial charge in [0.2, 0.25) is 5.88 Å². The van der Waals surface area contributed by atoms with Gasteiger partial charge in [0.05, 0.1) is 12.3 Å². The molecule has 1 saturated heterocycles. The van der Waals surface area contributed by atoms with Gasteiger partial charge in [-0.1, -0.05) is 6.42 Å². The first-order chi connectivity index (χ1) is 8.38. The van der Waals surface area contributed by atoms with E-state index in [2.05, 4.69) is 15.1 Å². The van der Waals surface area contributed by atoms with E-state index in [-0.39, 0.29) is 6.61 Å². The van der Waals surface area contributed by atoms with Gasteiger partial charge in [-0.15, -0.1) is 10.2 Å². The Morgan fingerprint density at radius 3 is 2.65 bits per heavy atom. The van der Waals surface area contributed by atoms with Crippen molar-refractivity contribution in [2.45, 2.75) is 25.9 Å². The highest BCUT2D eigenvalue weighted by molar-refractivity contribution is 5.10. The summed E-state index contributed by atoms with van der Waals surface area (Å²) in [5, 5.41) is 16.5. The third-order valence-corrected chi connectivity index (χ3v) is 2.96. The molecule has 0 radical (unpaired) electrons. The van der Waals surface area contributed by atoms with Crippen molar-refractivity contribution in [2.24, 2.45) is 0 Å². The summed E-state index contributed by atoms with van der Waals surface area (Å²) in [7, 11) is 0. The second-order valence-corrected chi connectivity index (χ2v) is 4.27. The molecule has 1 N–H and O–H groups in total. The number of hydrogen-bond acceptors (Lipinski definition) is 5. The van der Waals surface area contributed by atoms with Gasteiger partial charge in [0.1, 0.15) is 6.61 Å². The van der Waals surface area contributed by atoms with Crippen LogP contribution in [0.3, 0.4) is 0 Å². The molecule has 0 saturated carbocycles. The zero-order valence-corrected chi connectivity index (χ0v) is 10.0.